The molecule has 2 amide bonds. The summed E-state index contributed by atoms with van der Waals surface area (Å²) in [5.41, 5.74) is 1.96. The van der Waals surface area contributed by atoms with Gasteiger partial charge in [0.2, 0.25) is 5.91 Å². The highest BCUT2D eigenvalue weighted by Crippen LogP contribution is 2.23. The number of ether oxygens (including phenoxy) is 1. The third kappa shape index (κ3) is 6.28. The van der Waals surface area contributed by atoms with Crippen LogP contribution in [0.5, 0.6) is 5.75 Å². The molecule has 180 valence electrons. The molecule has 0 bridgehead atoms. The minimum atomic E-state index is -0.764. The highest BCUT2D eigenvalue weighted by Gasteiger charge is 2.23. The molecule has 9 nitrogen and oxygen atoms in total. The van der Waals surface area contributed by atoms with Crippen LogP contribution < -0.4 is 15.4 Å². The van der Waals surface area contributed by atoms with E-state index in [-0.39, 0.29) is 24.2 Å². The monoisotopic (exact) mass is 503 g/mol. The Hall–Kier alpha value is -3.08. The van der Waals surface area contributed by atoms with Gasteiger partial charge < -0.3 is 25.0 Å². The number of aryl methyl sites for hydroxylation is 1. The predicted molar refractivity (Wildman–Crippen MR) is 132 cm³/mol. The lowest BCUT2D eigenvalue weighted by Crippen LogP contribution is -2.32. The molecule has 0 fully saturated rings. The highest BCUT2D eigenvalue weighted by atomic mass is 35.5. The summed E-state index contributed by atoms with van der Waals surface area (Å²) in [4.78, 5) is 25.0. The summed E-state index contributed by atoms with van der Waals surface area (Å²) in [5, 5.41) is 24.9. The molecule has 1 heterocycles. The van der Waals surface area contributed by atoms with Crippen LogP contribution in [0.15, 0.2) is 47.6 Å². The van der Waals surface area contributed by atoms with Gasteiger partial charge in [0.25, 0.3) is 5.91 Å². The third-order valence-electron chi connectivity index (χ3n) is 5.00. The summed E-state index contributed by atoms with van der Waals surface area (Å²) in [6.07, 6.45) is 0. The van der Waals surface area contributed by atoms with E-state index >= 15 is 0 Å². The van der Waals surface area contributed by atoms with Gasteiger partial charge in [-0.15, -0.1) is 10.2 Å². The zero-order valence-corrected chi connectivity index (χ0v) is 20.6. The van der Waals surface area contributed by atoms with Crippen LogP contribution >= 0.6 is 23.4 Å². The lowest BCUT2D eigenvalue weighted by atomic mass is 10.2. The summed E-state index contributed by atoms with van der Waals surface area (Å²) in [6.45, 7) is 3.91. The number of carbonyl (C=O) groups excluding carboxylic acids is 2. The maximum atomic E-state index is 12.6. The number of benzene rings is 2. The molecule has 0 unspecified atom stereocenters. The average Bonchev–Trinajstić information content (AvgIpc) is 3.26. The minimum absolute atomic E-state index is 0.103. The molecule has 1 atom stereocenters. The van der Waals surface area contributed by atoms with Gasteiger partial charge in [0, 0.05) is 22.8 Å². The smallest absolute Gasteiger partial charge is 0.251 e. The minimum Gasteiger partial charge on any atom is -0.497 e. The lowest BCUT2D eigenvalue weighted by Gasteiger charge is -2.17. The molecule has 0 aliphatic heterocycles. The van der Waals surface area contributed by atoms with Crippen LogP contribution in [-0.4, -0.2) is 51.2 Å². The van der Waals surface area contributed by atoms with Crippen LogP contribution in [0.2, 0.25) is 5.02 Å². The number of halogens is 1. The van der Waals surface area contributed by atoms with Gasteiger partial charge in [-0.2, -0.15) is 0 Å². The number of aliphatic hydroxyl groups is 1. The zero-order valence-electron chi connectivity index (χ0n) is 19.0. The number of hydrogen-bond acceptors (Lipinski definition) is 7. The van der Waals surface area contributed by atoms with Crippen LogP contribution in [0.3, 0.4) is 0 Å². The van der Waals surface area contributed by atoms with Crippen molar-refractivity contribution in [1.29, 1.82) is 0 Å². The predicted octanol–water partition coefficient (Wildman–Crippen LogP) is 3.46. The number of anilines is 1. The van der Waals surface area contributed by atoms with Crippen molar-refractivity contribution in [3.63, 3.8) is 0 Å². The Morgan fingerprint density at radius 3 is 2.56 bits per heavy atom. The fourth-order valence-corrected chi connectivity index (χ4v) is 4.13. The topological polar surface area (TPSA) is 118 Å². The fourth-order valence-electron chi connectivity index (χ4n) is 3.14. The van der Waals surface area contributed by atoms with E-state index in [9.17, 15) is 14.7 Å². The average molecular weight is 504 g/mol. The standard InChI is InChI=1S/C23H26ClN5O4S/c1-4-29-21(19(12-30)26-22(32)15-6-9-17(33-3)10-7-15)27-28-23(29)34-13-20(31)25-16-8-5-14(2)18(24)11-16/h5-11,19,30H,4,12-13H2,1-3H3,(H,25,31)(H,26,32)/t19-/m1/s1. The SMILES string of the molecule is CCn1c(SCC(=O)Nc2ccc(C)c(Cl)c2)nnc1[C@@H](CO)NC(=O)c1ccc(OC)cc1. The van der Waals surface area contributed by atoms with Gasteiger partial charge in [-0.05, 0) is 55.8 Å². The van der Waals surface area contributed by atoms with E-state index in [1.54, 1.807) is 48.1 Å². The number of nitrogens with zero attached hydrogens (tertiary/aromatic N) is 3. The molecular weight excluding hydrogens is 478 g/mol. The first-order valence-electron chi connectivity index (χ1n) is 10.5. The van der Waals surface area contributed by atoms with E-state index < -0.39 is 6.04 Å². The van der Waals surface area contributed by atoms with Crippen LogP contribution in [0.1, 0.15) is 34.7 Å². The molecule has 3 rings (SSSR count). The van der Waals surface area contributed by atoms with Crippen molar-refractivity contribution in [2.24, 2.45) is 0 Å². The molecule has 0 radical (unpaired) electrons. The Morgan fingerprint density at radius 1 is 1.21 bits per heavy atom. The van der Waals surface area contributed by atoms with Gasteiger partial charge in [-0.1, -0.05) is 29.4 Å². The molecule has 2 aromatic carbocycles. The zero-order chi connectivity index (χ0) is 24.7. The van der Waals surface area contributed by atoms with Crippen LogP contribution in [-0.2, 0) is 11.3 Å². The Morgan fingerprint density at radius 2 is 1.94 bits per heavy atom. The van der Waals surface area contributed by atoms with E-state index in [1.165, 1.54) is 11.8 Å². The van der Waals surface area contributed by atoms with Crippen molar-refractivity contribution in [2.45, 2.75) is 31.6 Å². The normalized spacial score (nSPS) is 11.7. The third-order valence-corrected chi connectivity index (χ3v) is 6.38. The molecule has 0 aliphatic rings. The lowest BCUT2D eigenvalue weighted by molar-refractivity contribution is -0.113. The van der Waals surface area contributed by atoms with Crippen molar-refractivity contribution in [1.82, 2.24) is 20.1 Å². The van der Waals surface area contributed by atoms with E-state index in [0.29, 0.717) is 39.5 Å². The number of aliphatic hydroxyl groups excluding tert-OH is 1. The summed E-state index contributed by atoms with van der Waals surface area (Å²) < 4.78 is 6.87. The quantitative estimate of drug-likeness (QED) is 0.362. The van der Waals surface area contributed by atoms with Gasteiger partial charge in [0.05, 0.1) is 19.5 Å². The number of carbonyl (C=O) groups is 2. The maximum absolute atomic E-state index is 12.6. The second-order valence-corrected chi connectivity index (χ2v) is 8.67. The molecule has 0 saturated heterocycles. The molecule has 11 heteroatoms. The molecular formula is C23H26ClN5O4S. The van der Waals surface area contributed by atoms with Crippen molar-refractivity contribution in [3.8, 4) is 5.75 Å². The molecule has 3 N–H and O–H groups in total. The second-order valence-electron chi connectivity index (χ2n) is 7.32. The summed E-state index contributed by atoms with van der Waals surface area (Å²) in [6, 6.07) is 11.2. The van der Waals surface area contributed by atoms with E-state index in [2.05, 4.69) is 20.8 Å². The Kier molecular flexibility index (Phi) is 8.91. The number of thioether (sulfide) groups is 1. The van der Waals surface area contributed by atoms with Gasteiger partial charge in [-0.25, -0.2) is 0 Å². The molecule has 0 spiro atoms. The number of rotatable bonds is 10. The molecule has 0 saturated carbocycles. The van der Waals surface area contributed by atoms with E-state index in [0.717, 1.165) is 5.56 Å². The van der Waals surface area contributed by atoms with Gasteiger partial charge in [0.1, 0.15) is 11.8 Å². The number of nitrogens with one attached hydrogen (secondary N) is 2. The Bertz CT molecular complexity index is 1150. The number of methoxy groups -OCH3 is 1. The van der Waals surface area contributed by atoms with Crippen LogP contribution in [0.25, 0.3) is 0 Å². The Labute approximate surface area is 206 Å². The molecule has 1 aromatic heterocycles. The van der Waals surface area contributed by atoms with Crippen molar-refractivity contribution in [2.75, 3.05) is 24.8 Å². The first-order valence-corrected chi connectivity index (χ1v) is 11.9. The number of amides is 2. The maximum Gasteiger partial charge on any atom is 0.251 e. The van der Waals surface area contributed by atoms with Crippen molar-refractivity contribution < 1.29 is 19.4 Å². The molecule has 0 aliphatic carbocycles. The molecule has 34 heavy (non-hydrogen) atoms. The fraction of sp³-hybridized carbons (Fsp3) is 0.304. The number of hydrogen-bond donors (Lipinski definition) is 3. The van der Waals surface area contributed by atoms with Crippen molar-refractivity contribution >= 4 is 40.9 Å². The van der Waals surface area contributed by atoms with Crippen LogP contribution in [0, 0.1) is 6.92 Å². The van der Waals surface area contributed by atoms with E-state index in [4.69, 9.17) is 16.3 Å². The summed E-state index contributed by atoms with van der Waals surface area (Å²) in [7, 11) is 1.55. The van der Waals surface area contributed by atoms with Gasteiger partial charge in [-0.3, -0.25) is 9.59 Å². The first-order chi connectivity index (χ1) is 16.4. The summed E-state index contributed by atoms with van der Waals surface area (Å²) >= 11 is 7.32. The van der Waals surface area contributed by atoms with Gasteiger partial charge in [0.15, 0.2) is 11.0 Å². The van der Waals surface area contributed by atoms with Crippen molar-refractivity contribution in [3.05, 3.63) is 64.4 Å². The molecule has 3 aromatic rings. The van der Waals surface area contributed by atoms with Crippen LogP contribution in [0.4, 0.5) is 5.69 Å². The highest BCUT2D eigenvalue weighted by molar-refractivity contribution is 7.99. The summed E-state index contributed by atoms with van der Waals surface area (Å²) in [5.74, 6) is 0.560. The van der Waals surface area contributed by atoms with Gasteiger partial charge >= 0.3 is 0 Å². The van der Waals surface area contributed by atoms with E-state index in [1.807, 2.05) is 19.9 Å². The first kappa shape index (κ1) is 25.5. The Balaban J connectivity index is 1.65. The number of aromatic nitrogens is 3. The second kappa shape index (κ2) is 11.9. The largest absolute Gasteiger partial charge is 0.497 e.